The van der Waals surface area contributed by atoms with Crippen LogP contribution in [0.2, 0.25) is 0 Å². The van der Waals surface area contributed by atoms with E-state index in [-0.39, 0.29) is 11.8 Å². The highest BCUT2D eigenvalue weighted by Crippen LogP contribution is 2.17. The zero-order valence-corrected chi connectivity index (χ0v) is 13.7. The summed E-state index contributed by atoms with van der Waals surface area (Å²) in [6, 6.07) is 3.79. The van der Waals surface area contributed by atoms with Crippen molar-refractivity contribution in [3.05, 3.63) is 24.0 Å². The summed E-state index contributed by atoms with van der Waals surface area (Å²) >= 11 is 0. The van der Waals surface area contributed by atoms with Crippen LogP contribution in [0.1, 0.15) is 36.7 Å². The molecule has 0 saturated carbocycles. The van der Waals surface area contributed by atoms with Crippen LogP contribution in [-0.4, -0.2) is 65.9 Å². The van der Waals surface area contributed by atoms with E-state index < -0.39 is 0 Å². The van der Waals surface area contributed by atoms with Crippen LogP contribution in [-0.2, 0) is 4.79 Å². The molecule has 2 saturated heterocycles. The van der Waals surface area contributed by atoms with E-state index in [1.165, 1.54) is 6.42 Å². The van der Waals surface area contributed by atoms with Gasteiger partial charge in [-0.15, -0.1) is 0 Å². The summed E-state index contributed by atoms with van der Waals surface area (Å²) in [6.45, 7) is 6.39. The van der Waals surface area contributed by atoms with Gasteiger partial charge in [-0.05, 0) is 31.4 Å². The van der Waals surface area contributed by atoms with E-state index in [1.807, 2.05) is 21.9 Å². The van der Waals surface area contributed by atoms with Gasteiger partial charge < -0.3 is 14.7 Å². The zero-order valence-electron chi connectivity index (χ0n) is 13.7. The van der Waals surface area contributed by atoms with Crippen molar-refractivity contribution < 1.29 is 9.59 Å². The standard InChI is InChI=1S/C17H24N4O2/c1-14(22)19-9-11-20(12-10-19)15-5-6-16(18-13-15)17(23)21-7-3-2-4-8-21/h5-6,13H,2-4,7-12H2,1H3. The Morgan fingerprint density at radius 3 is 2.17 bits per heavy atom. The number of amides is 2. The van der Waals surface area contributed by atoms with Gasteiger partial charge in [0.15, 0.2) is 0 Å². The first-order valence-corrected chi connectivity index (χ1v) is 8.41. The van der Waals surface area contributed by atoms with Crippen molar-refractivity contribution in [1.82, 2.24) is 14.8 Å². The highest BCUT2D eigenvalue weighted by molar-refractivity contribution is 5.92. The molecule has 6 heteroatoms. The highest BCUT2D eigenvalue weighted by atomic mass is 16.2. The number of likely N-dealkylation sites (tertiary alicyclic amines) is 1. The van der Waals surface area contributed by atoms with E-state index in [9.17, 15) is 9.59 Å². The molecule has 23 heavy (non-hydrogen) atoms. The first kappa shape index (κ1) is 15.8. The smallest absolute Gasteiger partial charge is 0.272 e. The Kier molecular flexibility index (Phi) is 4.79. The maximum Gasteiger partial charge on any atom is 0.272 e. The number of pyridine rings is 1. The number of aromatic nitrogens is 1. The van der Waals surface area contributed by atoms with Gasteiger partial charge in [0.1, 0.15) is 5.69 Å². The monoisotopic (exact) mass is 316 g/mol. The predicted octanol–water partition coefficient (Wildman–Crippen LogP) is 1.38. The summed E-state index contributed by atoms with van der Waals surface area (Å²) in [5, 5.41) is 0. The average molecular weight is 316 g/mol. The van der Waals surface area contributed by atoms with E-state index in [0.717, 1.165) is 57.8 Å². The Balaban J connectivity index is 1.61. The molecule has 1 aromatic rings. The molecule has 3 rings (SSSR count). The normalized spacial score (nSPS) is 18.9. The molecular weight excluding hydrogens is 292 g/mol. The minimum absolute atomic E-state index is 0.0395. The van der Waals surface area contributed by atoms with Crippen molar-refractivity contribution in [2.75, 3.05) is 44.2 Å². The SMILES string of the molecule is CC(=O)N1CCN(c2ccc(C(=O)N3CCCCC3)nc2)CC1. The van der Waals surface area contributed by atoms with Gasteiger partial charge in [-0.1, -0.05) is 0 Å². The van der Waals surface area contributed by atoms with Crippen LogP contribution in [0.4, 0.5) is 5.69 Å². The van der Waals surface area contributed by atoms with Crippen molar-refractivity contribution in [3.63, 3.8) is 0 Å². The van der Waals surface area contributed by atoms with Crippen molar-refractivity contribution in [2.24, 2.45) is 0 Å². The molecule has 0 aromatic carbocycles. The van der Waals surface area contributed by atoms with Crippen LogP contribution >= 0.6 is 0 Å². The number of anilines is 1. The van der Waals surface area contributed by atoms with E-state index in [4.69, 9.17) is 0 Å². The van der Waals surface area contributed by atoms with Gasteiger partial charge in [-0.3, -0.25) is 9.59 Å². The largest absolute Gasteiger partial charge is 0.367 e. The van der Waals surface area contributed by atoms with Crippen LogP contribution in [0.25, 0.3) is 0 Å². The molecule has 6 nitrogen and oxygen atoms in total. The first-order valence-electron chi connectivity index (χ1n) is 8.41. The van der Waals surface area contributed by atoms with Crippen LogP contribution in [0.15, 0.2) is 18.3 Å². The van der Waals surface area contributed by atoms with Crippen molar-refractivity contribution in [1.29, 1.82) is 0 Å². The molecule has 0 N–H and O–H groups in total. The fourth-order valence-corrected chi connectivity index (χ4v) is 3.24. The molecule has 3 heterocycles. The average Bonchev–Trinajstić information content (AvgIpc) is 2.62. The summed E-state index contributed by atoms with van der Waals surface area (Å²) in [5.74, 6) is 0.169. The van der Waals surface area contributed by atoms with Crippen molar-refractivity contribution in [3.8, 4) is 0 Å². The van der Waals surface area contributed by atoms with E-state index in [2.05, 4.69) is 9.88 Å². The Morgan fingerprint density at radius 2 is 1.61 bits per heavy atom. The third-order valence-corrected chi connectivity index (χ3v) is 4.70. The highest BCUT2D eigenvalue weighted by Gasteiger charge is 2.21. The lowest BCUT2D eigenvalue weighted by atomic mass is 10.1. The molecule has 2 amide bonds. The molecule has 124 valence electrons. The molecule has 0 radical (unpaired) electrons. The molecular formula is C17H24N4O2. The van der Waals surface area contributed by atoms with Crippen LogP contribution in [0.3, 0.4) is 0 Å². The molecule has 2 aliphatic rings. The molecule has 0 unspecified atom stereocenters. The lowest BCUT2D eigenvalue weighted by Gasteiger charge is -2.35. The van der Waals surface area contributed by atoms with Crippen molar-refractivity contribution >= 4 is 17.5 Å². The predicted molar refractivity (Wildman–Crippen MR) is 88.5 cm³/mol. The summed E-state index contributed by atoms with van der Waals surface area (Å²) in [4.78, 5) is 34.1. The summed E-state index contributed by atoms with van der Waals surface area (Å²) in [7, 11) is 0. The minimum atomic E-state index is 0.0395. The Bertz CT molecular complexity index is 558. The summed E-state index contributed by atoms with van der Waals surface area (Å²) < 4.78 is 0. The van der Waals surface area contributed by atoms with Gasteiger partial charge in [0.2, 0.25) is 5.91 Å². The first-order chi connectivity index (χ1) is 11.1. The van der Waals surface area contributed by atoms with E-state index in [1.54, 1.807) is 13.1 Å². The molecule has 0 bridgehead atoms. The maximum absolute atomic E-state index is 12.4. The number of piperidine rings is 1. The van der Waals surface area contributed by atoms with Gasteiger partial charge >= 0.3 is 0 Å². The lowest BCUT2D eigenvalue weighted by molar-refractivity contribution is -0.129. The van der Waals surface area contributed by atoms with Crippen LogP contribution < -0.4 is 4.90 Å². The Morgan fingerprint density at radius 1 is 0.913 bits per heavy atom. The third kappa shape index (κ3) is 3.63. The van der Waals surface area contributed by atoms with Crippen LogP contribution in [0.5, 0.6) is 0 Å². The zero-order chi connectivity index (χ0) is 16.2. The second kappa shape index (κ2) is 6.98. The van der Waals surface area contributed by atoms with Gasteiger partial charge in [0.05, 0.1) is 11.9 Å². The molecule has 0 aliphatic carbocycles. The number of piperazine rings is 1. The fourth-order valence-electron chi connectivity index (χ4n) is 3.24. The quantitative estimate of drug-likeness (QED) is 0.827. The number of carbonyl (C=O) groups excluding carboxylic acids is 2. The molecule has 2 aliphatic heterocycles. The second-order valence-electron chi connectivity index (χ2n) is 6.25. The molecule has 0 spiro atoms. The molecule has 1 aromatic heterocycles. The Labute approximate surface area is 137 Å². The topological polar surface area (TPSA) is 56.8 Å². The number of carbonyl (C=O) groups is 2. The van der Waals surface area contributed by atoms with Gasteiger partial charge in [0.25, 0.3) is 5.91 Å². The van der Waals surface area contributed by atoms with Gasteiger partial charge in [-0.2, -0.15) is 0 Å². The van der Waals surface area contributed by atoms with E-state index >= 15 is 0 Å². The van der Waals surface area contributed by atoms with Gasteiger partial charge in [0, 0.05) is 46.2 Å². The number of nitrogens with zero attached hydrogens (tertiary/aromatic N) is 4. The van der Waals surface area contributed by atoms with Gasteiger partial charge in [-0.25, -0.2) is 4.98 Å². The summed E-state index contributed by atoms with van der Waals surface area (Å²) in [6.07, 6.45) is 5.16. The fraction of sp³-hybridized carbons (Fsp3) is 0.588. The lowest BCUT2D eigenvalue weighted by Crippen LogP contribution is -2.48. The Hall–Kier alpha value is -2.11. The minimum Gasteiger partial charge on any atom is -0.367 e. The van der Waals surface area contributed by atoms with Crippen molar-refractivity contribution in [2.45, 2.75) is 26.2 Å². The number of rotatable bonds is 2. The number of hydrogen-bond acceptors (Lipinski definition) is 4. The van der Waals surface area contributed by atoms with E-state index in [0.29, 0.717) is 5.69 Å². The molecule has 0 atom stereocenters. The maximum atomic E-state index is 12.4. The third-order valence-electron chi connectivity index (χ3n) is 4.70. The number of hydrogen-bond donors (Lipinski definition) is 0. The molecule has 2 fully saturated rings. The summed E-state index contributed by atoms with van der Waals surface area (Å²) in [5.41, 5.74) is 1.54. The van der Waals surface area contributed by atoms with Crippen LogP contribution in [0, 0.1) is 0 Å². The second-order valence-corrected chi connectivity index (χ2v) is 6.25.